The molecule has 0 unspecified atom stereocenters. The Hall–Kier alpha value is -2.84. The van der Waals surface area contributed by atoms with E-state index in [4.69, 9.17) is 14.2 Å². The van der Waals surface area contributed by atoms with Gasteiger partial charge in [-0.25, -0.2) is 4.98 Å². The zero-order valence-electron chi connectivity index (χ0n) is 15.7. The number of carbonyl (C=O) groups excluding carboxylic acids is 1. The molecule has 28 heavy (non-hydrogen) atoms. The lowest BCUT2D eigenvalue weighted by molar-refractivity contribution is 0.102. The van der Waals surface area contributed by atoms with Gasteiger partial charge in [0.05, 0.1) is 37.8 Å². The second-order valence-electron chi connectivity index (χ2n) is 6.27. The predicted octanol–water partition coefficient (Wildman–Crippen LogP) is 3.40. The van der Waals surface area contributed by atoms with Crippen LogP contribution >= 0.6 is 11.3 Å². The molecule has 1 aliphatic heterocycles. The molecular formula is C20H21N3O4S. The largest absolute Gasteiger partial charge is 0.497 e. The van der Waals surface area contributed by atoms with E-state index in [1.54, 1.807) is 20.3 Å². The van der Waals surface area contributed by atoms with E-state index in [2.05, 4.69) is 15.2 Å². The number of nitrogens with zero attached hydrogens (tertiary/aromatic N) is 2. The molecule has 1 fully saturated rings. The van der Waals surface area contributed by atoms with Crippen molar-refractivity contribution >= 4 is 38.8 Å². The zero-order chi connectivity index (χ0) is 19.5. The molecule has 2 heterocycles. The van der Waals surface area contributed by atoms with E-state index in [1.807, 2.05) is 30.3 Å². The summed E-state index contributed by atoms with van der Waals surface area (Å²) in [6.07, 6.45) is 0. The molecule has 8 heteroatoms. The summed E-state index contributed by atoms with van der Waals surface area (Å²) in [5.41, 5.74) is 2.41. The molecule has 0 spiro atoms. The fourth-order valence-corrected chi connectivity index (χ4v) is 4.19. The van der Waals surface area contributed by atoms with E-state index in [-0.39, 0.29) is 5.91 Å². The molecule has 146 valence electrons. The quantitative estimate of drug-likeness (QED) is 0.709. The molecule has 2 aromatic carbocycles. The number of anilines is 2. The summed E-state index contributed by atoms with van der Waals surface area (Å²) >= 11 is 1.37. The molecule has 0 atom stereocenters. The number of benzene rings is 2. The number of ether oxygens (including phenoxy) is 3. The summed E-state index contributed by atoms with van der Waals surface area (Å²) in [5.74, 6) is 1.08. The Morgan fingerprint density at radius 1 is 1.18 bits per heavy atom. The highest BCUT2D eigenvalue weighted by Gasteiger charge is 2.21. The van der Waals surface area contributed by atoms with Gasteiger partial charge in [-0.3, -0.25) is 4.79 Å². The summed E-state index contributed by atoms with van der Waals surface area (Å²) in [6, 6.07) is 11.2. The third kappa shape index (κ3) is 3.61. The molecule has 0 aliphatic carbocycles. The first-order chi connectivity index (χ1) is 13.7. The van der Waals surface area contributed by atoms with Crippen molar-refractivity contribution in [3.05, 3.63) is 41.4 Å². The van der Waals surface area contributed by atoms with Crippen LogP contribution in [0.3, 0.4) is 0 Å². The van der Waals surface area contributed by atoms with Crippen LogP contribution in [-0.4, -0.2) is 51.4 Å². The van der Waals surface area contributed by atoms with Crippen LogP contribution in [0.25, 0.3) is 10.2 Å². The lowest BCUT2D eigenvalue weighted by Gasteiger charge is -2.29. The molecule has 4 rings (SSSR count). The second kappa shape index (κ2) is 8.04. The Balaban J connectivity index is 1.68. The molecular weight excluding hydrogens is 378 g/mol. The molecule has 0 radical (unpaired) electrons. The fraction of sp³-hybridized carbons (Fsp3) is 0.300. The van der Waals surface area contributed by atoms with Crippen molar-refractivity contribution in [3.8, 4) is 11.5 Å². The number of methoxy groups -OCH3 is 2. The van der Waals surface area contributed by atoms with Gasteiger partial charge in [-0.2, -0.15) is 0 Å². The minimum atomic E-state index is -0.260. The van der Waals surface area contributed by atoms with Crippen LogP contribution < -0.4 is 19.7 Å². The number of aromatic nitrogens is 1. The van der Waals surface area contributed by atoms with Gasteiger partial charge in [0.15, 0.2) is 5.01 Å². The number of amides is 1. The van der Waals surface area contributed by atoms with Crippen molar-refractivity contribution in [2.75, 3.05) is 50.7 Å². The summed E-state index contributed by atoms with van der Waals surface area (Å²) in [5, 5.41) is 3.27. The fourth-order valence-electron chi connectivity index (χ4n) is 3.17. The maximum Gasteiger partial charge on any atom is 0.284 e. The number of carbonyl (C=O) groups is 1. The van der Waals surface area contributed by atoms with E-state index in [0.29, 0.717) is 40.9 Å². The van der Waals surface area contributed by atoms with Crippen molar-refractivity contribution in [1.82, 2.24) is 4.98 Å². The van der Waals surface area contributed by atoms with Gasteiger partial charge < -0.3 is 24.4 Å². The smallest absolute Gasteiger partial charge is 0.284 e. The minimum Gasteiger partial charge on any atom is -0.497 e. The van der Waals surface area contributed by atoms with Crippen molar-refractivity contribution in [3.63, 3.8) is 0 Å². The Labute approximate surface area is 166 Å². The first kappa shape index (κ1) is 18.5. The van der Waals surface area contributed by atoms with Crippen LogP contribution in [0.2, 0.25) is 0 Å². The summed E-state index contributed by atoms with van der Waals surface area (Å²) in [6.45, 7) is 3.00. The molecule has 1 aliphatic rings. The maximum absolute atomic E-state index is 12.8. The predicted molar refractivity (Wildman–Crippen MR) is 110 cm³/mol. The van der Waals surface area contributed by atoms with E-state index in [1.165, 1.54) is 11.3 Å². The van der Waals surface area contributed by atoms with Gasteiger partial charge in [0, 0.05) is 24.8 Å². The Kier molecular flexibility index (Phi) is 5.31. The van der Waals surface area contributed by atoms with Crippen LogP contribution in [0.1, 0.15) is 9.80 Å². The molecule has 0 bridgehead atoms. The standard InChI is InChI=1S/C20H21N3O4S/c1-25-14-5-3-4-13(12-14)21-19(24)20-22-17-16(26-2)7-6-15(18(17)28-20)23-8-10-27-11-9-23/h3-7,12H,8-11H2,1-2H3,(H,21,24). The number of morpholine rings is 1. The number of thiazole rings is 1. The molecule has 1 saturated heterocycles. The van der Waals surface area contributed by atoms with Gasteiger partial charge in [0.2, 0.25) is 0 Å². The molecule has 1 N–H and O–H groups in total. The average Bonchev–Trinajstić information content (AvgIpc) is 3.19. The van der Waals surface area contributed by atoms with E-state index in [0.717, 1.165) is 23.5 Å². The summed E-state index contributed by atoms with van der Waals surface area (Å²) < 4.78 is 17.1. The van der Waals surface area contributed by atoms with Gasteiger partial charge in [-0.05, 0) is 24.3 Å². The van der Waals surface area contributed by atoms with Gasteiger partial charge in [-0.15, -0.1) is 11.3 Å². The highest BCUT2D eigenvalue weighted by Crippen LogP contribution is 2.38. The van der Waals surface area contributed by atoms with Crippen molar-refractivity contribution in [2.45, 2.75) is 0 Å². The van der Waals surface area contributed by atoms with E-state index < -0.39 is 0 Å². The van der Waals surface area contributed by atoms with Crippen LogP contribution in [0.15, 0.2) is 36.4 Å². The van der Waals surface area contributed by atoms with E-state index in [9.17, 15) is 4.79 Å². The number of rotatable bonds is 5. The average molecular weight is 399 g/mol. The molecule has 1 amide bonds. The summed E-state index contributed by atoms with van der Waals surface area (Å²) in [4.78, 5) is 19.6. The zero-order valence-corrected chi connectivity index (χ0v) is 16.5. The van der Waals surface area contributed by atoms with Crippen LogP contribution in [0, 0.1) is 0 Å². The third-order valence-electron chi connectivity index (χ3n) is 4.58. The maximum atomic E-state index is 12.8. The Morgan fingerprint density at radius 2 is 2.00 bits per heavy atom. The minimum absolute atomic E-state index is 0.260. The topological polar surface area (TPSA) is 72.9 Å². The summed E-state index contributed by atoms with van der Waals surface area (Å²) in [7, 11) is 3.20. The van der Waals surface area contributed by atoms with Crippen LogP contribution in [0.5, 0.6) is 11.5 Å². The molecule has 0 saturated carbocycles. The number of fused-ring (bicyclic) bond motifs is 1. The van der Waals surface area contributed by atoms with Crippen molar-refractivity contribution in [1.29, 1.82) is 0 Å². The first-order valence-electron chi connectivity index (χ1n) is 8.95. The van der Waals surface area contributed by atoms with Gasteiger partial charge >= 0.3 is 0 Å². The number of hydrogen-bond donors (Lipinski definition) is 1. The first-order valence-corrected chi connectivity index (χ1v) is 9.77. The van der Waals surface area contributed by atoms with Gasteiger partial charge in [0.25, 0.3) is 5.91 Å². The van der Waals surface area contributed by atoms with Gasteiger partial charge in [0.1, 0.15) is 17.0 Å². The number of hydrogen-bond acceptors (Lipinski definition) is 7. The van der Waals surface area contributed by atoms with E-state index >= 15 is 0 Å². The third-order valence-corrected chi connectivity index (χ3v) is 5.66. The lowest BCUT2D eigenvalue weighted by Crippen LogP contribution is -2.36. The normalized spacial score (nSPS) is 14.1. The Morgan fingerprint density at radius 3 is 2.75 bits per heavy atom. The van der Waals surface area contributed by atoms with Crippen molar-refractivity contribution in [2.24, 2.45) is 0 Å². The van der Waals surface area contributed by atoms with Crippen LogP contribution in [-0.2, 0) is 4.74 Å². The van der Waals surface area contributed by atoms with Crippen molar-refractivity contribution < 1.29 is 19.0 Å². The van der Waals surface area contributed by atoms with Crippen LogP contribution in [0.4, 0.5) is 11.4 Å². The monoisotopic (exact) mass is 399 g/mol. The lowest BCUT2D eigenvalue weighted by atomic mass is 10.2. The molecule has 1 aromatic heterocycles. The second-order valence-corrected chi connectivity index (χ2v) is 7.27. The SMILES string of the molecule is COc1cccc(NC(=O)c2nc3c(OC)ccc(N4CCOCC4)c3s2)c1. The highest BCUT2D eigenvalue weighted by atomic mass is 32.1. The molecule has 3 aromatic rings. The number of nitrogens with one attached hydrogen (secondary N) is 1. The molecule has 7 nitrogen and oxygen atoms in total. The van der Waals surface area contributed by atoms with Gasteiger partial charge in [-0.1, -0.05) is 6.07 Å². The Bertz CT molecular complexity index is 998. The highest BCUT2D eigenvalue weighted by molar-refractivity contribution is 7.21.